The normalized spacial score (nSPS) is 13.5. The van der Waals surface area contributed by atoms with Crippen LogP contribution in [0.3, 0.4) is 0 Å². The van der Waals surface area contributed by atoms with Crippen molar-refractivity contribution in [1.82, 2.24) is 15.1 Å². The first-order valence-electron chi connectivity index (χ1n) is 9.95. The highest BCUT2D eigenvalue weighted by Crippen LogP contribution is 2.15. The summed E-state index contributed by atoms with van der Waals surface area (Å²) < 4.78 is 32.7. The predicted molar refractivity (Wildman–Crippen MR) is 118 cm³/mol. The molecule has 1 heterocycles. The van der Waals surface area contributed by atoms with Crippen molar-refractivity contribution in [3.63, 3.8) is 0 Å². The van der Waals surface area contributed by atoms with Crippen LogP contribution in [0.5, 0.6) is 0 Å². The maximum Gasteiger partial charge on any atom is 0.490 e. The number of nitrogens with zero attached hydrogens (tertiary/aromatic N) is 2. The van der Waals surface area contributed by atoms with E-state index in [1.807, 2.05) is 47.4 Å². The number of carbonyl (C=O) groups is 3. The van der Waals surface area contributed by atoms with Crippen molar-refractivity contribution < 1.29 is 32.7 Å². The Morgan fingerprint density at radius 2 is 1.55 bits per heavy atom. The maximum absolute atomic E-state index is 13.0. The number of halogens is 4. The van der Waals surface area contributed by atoms with Gasteiger partial charge < -0.3 is 20.2 Å². The molecule has 33 heavy (non-hydrogen) atoms. The van der Waals surface area contributed by atoms with Crippen LogP contribution in [0.25, 0.3) is 0 Å². The molecular weight excluding hydrogens is 507 g/mol. The molecular formula is C22H23BrF3N3O4. The Labute approximate surface area is 197 Å². The summed E-state index contributed by atoms with van der Waals surface area (Å²) in [5.41, 5.74) is 1.59. The molecule has 0 radical (unpaired) electrons. The quantitative estimate of drug-likeness (QED) is 0.620. The van der Waals surface area contributed by atoms with E-state index in [9.17, 15) is 22.8 Å². The molecule has 3 rings (SSSR count). The Balaban J connectivity index is 0.000000479. The number of aliphatic carboxylic acids is 1. The molecule has 178 valence electrons. The summed E-state index contributed by atoms with van der Waals surface area (Å²) in [5.74, 6) is -2.90. The molecule has 0 saturated carbocycles. The smallest absolute Gasteiger partial charge is 0.475 e. The third-order valence-electron chi connectivity index (χ3n) is 4.63. The highest BCUT2D eigenvalue weighted by atomic mass is 79.9. The average molecular weight is 530 g/mol. The van der Waals surface area contributed by atoms with Crippen molar-refractivity contribution in [3.05, 3.63) is 70.2 Å². The summed E-state index contributed by atoms with van der Waals surface area (Å²) in [6, 6.07) is 17.0. The van der Waals surface area contributed by atoms with E-state index in [-0.39, 0.29) is 18.4 Å². The highest BCUT2D eigenvalue weighted by molar-refractivity contribution is 9.10. The van der Waals surface area contributed by atoms with E-state index in [0.29, 0.717) is 25.2 Å². The second-order valence-corrected chi connectivity index (χ2v) is 8.00. The molecule has 0 atom stereocenters. The lowest BCUT2D eigenvalue weighted by molar-refractivity contribution is -0.192. The van der Waals surface area contributed by atoms with Crippen LogP contribution in [0.15, 0.2) is 59.1 Å². The molecule has 1 saturated heterocycles. The maximum atomic E-state index is 13.0. The molecule has 7 nitrogen and oxygen atoms in total. The molecule has 2 aromatic carbocycles. The number of benzene rings is 2. The van der Waals surface area contributed by atoms with Gasteiger partial charge in [0.15, 0.2) is 0 Å². The minimum absolute atomic E-state index is 0.00658. The summed E-state index contributed by atoms with van der Waals surface area (Å²) >= 11 is 3.39. The molecule has 11 heteroatoms. The van der Waals surface area contributed by atoms with Gasteiger partial charge in [-0.1, -0.05) is 46.3 Å². The fourth-order valence-corrected chi connectivity index (χ4v) is 3.22. The van der Waals surface area contributed by atoms with E-state index in [2.05, 4.69) is 21.2 Å². The number of nitrogens with one attached hydrogen (secondary N) is 1. The fraction of sp³-hybridized carbons (Fsp3) is 0.318. The van der Waals surface area contributed by atoms with Gasteiger partial charge in [0.1, 0.15) is 6.54 Å². The number of hydrogen-bond acceptors (Lipinski definition) is 4. The van der Waals surface area contributed by atoms with Crippen LogP contribution in [-0.4, -0.2) is 71.6 Å². The zero-order valence-corrected chi connectivity index (χ0v) is 19.1. The monoisotopic (exact) mass is 529 g/mol. The van der Waals surface area contributed by atoms with Crippen LogP contribution >= 0.6 is 15.9 Å². The number of carboxylic acids is 1. The number of carbonyl (C=O) groups excluding carboxylic acids is 2. The van der Waals surface area contributed by atoms with Gasteiger partial charge in [-0.2, -0.15) is 13.2 Å². The van der Waals surface area contributed by atoms with Gasteiger partial charge in [-0.3, -0.25) is 9.59 Å². The van der Waals surface area contributed by atoms with Gasteiger partial charge in [0.25, 0.3) is 5.91 Å². The third-order valence-corrected chi connectivity index (χ3v) is 5.16. The van der Waals surface area contributed by atoms with Crippen molar-refractivity contribution in [3.8, 4) is 0 Å². The lowest BCUT2D eigenvalue weighted by atomic mass is 10.1. The first-order chi connectivity index (χ1) is 15.6. The first-order valence-corrected chi connectivity index (χ1v) is 10.7. The Hall–Kier alpha value is -2.92. The van der Waals surface area contributed by atoms with Crippen LogP contribution in [0.1, 0.15) is 15.9 Å². The average Bonchev–Trinajstić information content (AvgIpc) is 2.79. The van der Waals surface area contributed by atoms with Crippen LogP contribution in [0.4, 0.5) is 13.2 Å². The Morgan fingerprint density at radius 1 is 1.00 bits per heavy atom. The van der Waals surface area contributed by atoms with E-state index < -0.39 is 12.1 Å². The molecule has 1 aliphatic rings. The van der Waals surface area contributed by atoms with Gasteiger partial charge in [-0.25, -0.2) is 4.79 Å². The number of amides is 2. The molecule has 1 fully saturated rings. The number of carboxylic acid groups (broad SMARTS) is 1. The predicted octanol–water partition coefficient (Wildman–Crippen LogP) is 3.16. The molecule has 0 bridgehead atoms. The molecule has 0 unspecified atom stereocenters. The minimum Gasteiger partial charge on any atom is -0.475 e. The van der Waals surface area contributed by atoms with E-state index in [1.54, 1.807) is 17.0 Å². The fourth-order valence-electron chi connectivity index (χ4n) is 2.96. The van der Waals surface area contributed by atoms with E-state index in [1.165, 1.54) is 0 Å². The van der Waals surface area contributed by atoms with Gasteiger partial charge in [-0.15, -0.1) is 0 Å². The number of piperazine rings is 1. The van der Waals surface area contributed by atoms with Crippen LogP contribution in [-0.2, 0) is 16.1 Å². The summed E-state index contributed by atoms with van der Waals surface area (Å²) in [6.07, 6.45) is -5.08. The molecule has 1 aliphatic heterocycles. The molecule has 0 spiro atoms. The second kappa shape index (κ2) is 12.4. The van der Waals surface area contributed by atoms with Crippen molar-refractivity contribution in [2.45, 2.75) is 12.7 Å². The standard InChI is InChI=1S/C20H22BrN3O2.C2HF3O2/c21-18-8-6-17(7-9-18)20(26)24(14-16-4-2-1-3-5-16)15-19(25)23-12-10-22-11-13-23;3-2(4,5)1(6)7/h1-9,22H,10-15H2;(H,6,7). The Bertz CT molecular complexity index is 934. The van der Waals surface area contributed by atoms with E-state index in [0.717, 1.165) is 23.1 Å². The van der Waals surface area contributed by atoms with Gasteiger partial charge in [0, 0.05) is 42.8 Å². The lowest BCUT2D eigenvalue weighted by Crippen LogP contribution is -2.50. The molecule has 2 aromatic rings. The first kappa shape index (κ1) is 26.3. The van der Waals surface area contributed by atoms with Gasteiger partial charge in [0.2, 0.25) is 5.91 Å². The summed E-state index contributed by atoms with van der Waals surface area (Å²) in [6.45, 7) is 3.46. The minimum atomic E-state index is -5.08. The number of hydrogen-bond donors (Lipinski definition) is 2. The number of rotatable bonds is 5. The largest absolute Gasteiger partial charge is 0.490 e. The van der Waals surface area contributed by atoms with Gasteiger partial charge in [-0.05, 0) is 29.8 Å². The molecule has 0 aliphatic carbocycles. The van der Waals surface area contributed by atoms with Gasteiger partial charge >= 0.3 is 12.1 Å². The summed E-state index contributed by atoms with van der Waals surface area (Å²) in [7, 11) is 0. The van der Waals surface area contributed by atoms with Gasteiger partial charge in [0.05, 0.1) is 0 Å². The van der Waals surface area contributed by atoms with Crippen LogP contribution in [0, 0.1) is 0 Å². The molecule has 2 N–H and O–H groups in total. The van der Waals surface area contributed by atoms with E-state index in [4.69, 9.17) is 9.90 Å². The Morgan fingerprint density at radius 3 is 2.06 bits per heavy atom. The molecule has 2 amide bonds. The van der Waals surface area contributed by atoms with Crippen molar-refractivity contribution in [2.75, 3.05) is 32.7 Å². The zero-order chi connectivity index (χ0) is 24.4. The van der Waals surface area contributed by atoms with Crippen molar-refractivity contribution in [2.24, 2.45) is 0 Å². The molecule has 0 aromatic heterocycles. The third kappa shape index (κ3) is 8.85. The van der Waals surface area contributed by atoms with Crippen molar-refractivity contribution in [1.29, 1.82) is 0 Å². The zero-order valence-electron chi connectivity index (χ0n) is 17.5. The van der Waals surface area contributed by atoms with E-state index >= 15 is 0 Å². The van der Waals surface area contributed by atoms with Crippen LogP contribution < -0.4 is 5.32 Å². The van der Waals surface area contributed by atoms with Crippen LogP contribution in [0.2, 0.25) is 0 Å². The lowest BCUT2D eigenvalue weighted by Gasteiger charge is -2.30. The Kier molecular flexibility index (Phi) is 9.86. The van der Waals surface area contributed by atoms with Crippen molar-refractivity contribution >= 4 is 33.7 Å². The SMILES string of the molecule is O=C(CN(Cc1ccccc1)C(=O)c1ccc(Br)cc1)N1CCNCC1.O=C(O)C(F)(F)F. The second-order valence-electron chi connectivity index (χ2n) is 7.09. The topological polar surface area (TPSA) is 90.0 Å². The highest BCUT2D eigenvalue weighted by Gasteiger charge is 2.38. The number of alkyl halides is 3. The summed E-state index contributed by atoms with van der Waals surface area (Å²) in [5, 5.41) is 10.4. The summed E-state index contributed by atoms with van der Waals surface area (Å²) in [4.78, 5) is 38.0.